The average Bonchev–Trinajstić information content (AvgIpc) is 2.17. The van der Waals surface area contributed by atoms with E-state index in [0.717, 1.165) is 32.1 Å². The van der Waals surface area contributed by atoms with Crippen molar-refractivity contribution in [3.63, 3.8) is 0 Å². The minimum absolute atomic E-state index is 0.381. The first kappa shape index (κ1) is 13.9. The van der Waals surface area contributed by atoms with Gasteiger partial charge >= 0.3 is 0 Å². The van der Waals surface area contributed by atoms with Crippen LogP contribution in [-0.2, 0) is 0 Å². The SMILES string of the molecule is CC(C)CNCC(C)(C)CN1CCNCC1. The molecule has 1 fully saturated rings. The largest absolute Gasteiger partial charge is 0.316 e. The minimum atomic E-state index is 0.381. The molecule has 0 aromatic rings. The van der Waals surface area contributed by atoms with Gasteiger partial charge < -0.3 is 15.5 Å². The molecule has 0 aromatic heterocycles. The molecule has 96 valence electrons. The third-order valence-corrected chi connectivity index (χ3v) is 3.02. The quantitative estimate of drug-likeness (QED) is 0.713. The third kappa shape index (κ3) is 5.83. The van der Waals surface area contributed by atoms with Crippen LogP contribution in [0.5, 0.6) is 0 Å². The Balaban J connectivity index is 2.21. The van der Waals surface area contributed by atoms with Gasteiger partial charge in [0.15, 0.2) is 0 Å². The molecule has 0 amide bonds. The first-order valence-corrected chi connectivity index (χ1v) is 6.63. The van der Waals surface area contributed by atoms with Crippen LogP contribution in [0.2, 0.25) is 0 Å². The summed E-state index contributed by atoms with van der Waals surface area (Å²) in [5, 5.41) is 6.97. The topological polar surface area (TPSA) is 27.3 Å². The zero-order valence-corrected chi connectivity index (χ0v) is 11.5. The smallest absolute Gasteiger partial charge is 0.0108 e. The van der Waals surface area contributed by atoms with Crippen molar-refractivity contribution in [2.45, 2.75) is 27.7 Å². The third-order valence-electron chi connectivity index (χ3n) is 3.02. The van der Waals surface area contributed by atoms with Gasteiger partial charge in [-0.25, -0.2) is 0 Å². The number of piperazine rings is 1. The van der Waals surface area contributed by atoms with Crippen molar-refractivity contribution in [3.8, 4) is 0 Å². The molecule has 1 aliphatic heterocycles. The lowest BCUT2D eigenvalue weighted by atomic mass is 9.92. The zero-order chi connectivity index (χ0) is 12.0. The highest BCUT2D eigenvalue weighted by molar-refractivity contribution is 4.79. The van der Waals surface area contributed by atoms with E-state index in [0.29, 0.717) is 5.41 Å². The lowest BCUT2D eigenvalue weighted by molar-refractivity contribution is 0.157. The molecule has 3 nitrogen and oxygen atoms in total. The highest BCUT2D eigenvalue weighted by Crippen LogP contribution is 2.16. The minimum Gasteiger partial charge on any atom is -0.316 e. The maximum atomic E-state index is 3.57. The Morgan fingerprint density at radius 2 is 1.88 bits per heavy atom. The molecule has 0 spiro atoms. The van der Waals surface area contributed by atoms with E-state index in [4.69, 9.17) is 0 Å². The van der Waals surface area contributed by atoms with Crippen LogP contribution >= 0.6 is 0 Å². The summed E-state index contributed by atoms with van der Waals surface area (Å²) in [5.74, 6) is 0.745. The molecule has 0 aliphatic carbocycles. The van der Waals surface area contributed by atoms with Crippen LogP contribution in [0.4, 0.5) is 0 Å². The highest BCUT2D eigenvalue weighted by Gasteiger charge is 2.22. The fourth-order valence-electron chi connectivity index (χ4n) is 2.23. The lowest BCUT2D eigenvalue weighted by Crippen LogP contribution is -2.49. The second-order valence-corrected chi connectivity index (χ2v) is 6.22. The summed E-state index contributed by atoms with van der Waals surface area (Å²) in [6, 6.07) is 0. The van der Waals surface area contributed by atoms with Gasteiger partial charge in [0.25, 0.3) is 0 Å². The Morgan fingerprint density at radius 3 is 2.44 bits per heavy atom. The molecule has 16 heavy (non-hydrogen) atoms. The van der Waals surface area contributed by atoms with Gasteiger partial charge in [-0.15, -0.1) is 0 Å². The Hall–Kier alpha value is -0.120. The fourth-order valence-corrected chi connectivity index (χ4v) is 2.23. The van der Waals surface area contributed by atoms with E-state index in [9.17, 15) is 0 Å². The predicted octanol–water partition coefficient (Wildman–Crippen LogP) is 1.16. The van der Waals surface area contributed by atoms with Crippen LogP contribution in [0.25, 0.3) is 0 Å². The molecule has 0 atom stereocenters. The van der Waals surface area contributed by atoms with Gasteiger partial charge in [0.05, 0.1) is 0 Å². The van der Waals surface area contributed by atoms with E-state index < -0.39 is 0 Å². The maximum absolute atomic E-state index is 3.57. The number of nitrogens with zero attached hydrogens (tertiary/aromatic N) is 1. The van der Waals surface area contributed by atoms with Gasteiger partial charge in [-0.05, 0) is 17.9 Å². The fraction of sp³-hybridized carbons (Fsp3) is 1.00. The molecule has 0 unspecified atom stereocenters. The summed E-state index contributed by atoms with van der Waals surface area (Å²) in [5.41, 5.74) is 0.381. The van der Waals surface area contributed by atoms with E-state index >= 15 is 0 Å². The number of hydrogen-bond donors (Lipinski definition) is 2. The maximum Gasteiger partial charge on any atom is 0.0108 e. The first-order valence-electron chi connectivity index (χ1n) is 6.63. The molecule has 0 radical (unpaired) electrons. The van der Waals surface area contributed by atoms with E-state index in [2.05, 4.69) is 43.2 Å². The molecule has 0 bridgehead atoms. The van der Waals surface area contributed by atoms with Gasteiger partial charge in [-0.3, -0.25) is 0 Å². The normalized spacial score (nSPS) is 19.3. The van der Waals surface area contributed by atoms with E-state index in [-0.39, 0.29) is 0 Å². The van der Waals surface area contributed by atoms with Gasteiger partial charge in [0.1, 0.15) is 0 Å². The van der Waals surface area contributed by atoms with Gasteiger partial charge in [0, 0.05) is 39.3 Å². The van der Waals surface area contributed by atoms with Crippen molar-refractivity contribution in [3.05, 3.63) is 0 Å². The Labute approximate surface area is 101 Å². The number of rotatable bonds is 6. The molecular formula is C13H29N3. The van der Waals surface area contributed by atoms with Gasteiger partial charge in [-0.1, -0.05) is 27.7 Å². The summed E-state index contributed by atoms with van der Waals surface area (Å²) >= 11 is 0. The van der Waals surface area contributed by atoms with E-state index in [1.54, 1.807) is 0 Å². The summed E-state index contributed by atoms with van der Waals surface area (Å²) in [7, 11) is 0. The van der Waals surface area contributed by atoms with Crippen LogP contribution in [0.3, 0.4) is 0 Å². The van der Waals surface area contributed by atoms with Gasteiger partial charge in [-0.2, -0.15) is 0 Å². The monoisotopic (exact) mass is 227 g/mol. The van der Waals surface area contributed by atoms with Crippen molar-refractivity contribution < 1.29 is 0 Å². The average molecular weight is 227 g/mol. The molecule has 1 rings (SSSR count). The van der Waals surface area contributed by atoms with Crippen LogP contribution in [0.15, 0.2) is 0 Å². The Morgan fingerprint density at radius 1 is 1.25 bits per heavy atom. The zero-order valence-electron chi connectivity index (χ0n) is 11.5. The van der Waals surface area contributed by atoms with Crippen molar-refractivity contribution in [1.29, 1.82) is 0 Å². The van der Waals surface area contributed by atoms with Crippen LogP contribution in [0, 0.1) is 11.3 Å². The number of hydrogen-bond acceptors (Lipinski definition) is 3. The molecule has 1 aliphatic rings. The highest BCUT2D eigenvalue weighted by atomic mass is 15.2. The lowest BCUT2D eigenvalue weighted by Gasteiger charge is -2.35. The second-order valence-electron chi connectivity index (χ2n) is 6.22. The molecular weight excluding hydrogens is 198 g/mol. The molecule has 0 saturated carbocycles. The van der Waals surface area contributed by atoms with E-state index in [1.165, 1.54) is 19.6 Å². The summed E-state index contributed by atoms with van der Waals surface area (Å²) in [4.78, 5) is 2.58. The van der Waals surface area contributed by atoms with Gasteiger partial charge in [0.2, 0.25) is 0 Å². The van der Waals surface area contributed by atoms with E-state index in [1.807, 2.05) is 0 Å². The van der Waals surface area contributed by atoms with Crippen molar-refractivity contribution in [1.82, 2.24) is 15.5 Å². The molecule has 1 heterocycles. The summed E-state index contributed by atoms with van der Waals surface area (Å²) in [6.07, 6.45) is 0. The van der Waals surface area contributed by atoms with Crippen LogP contribution in [0.1, 0.15) is 27.7 Å². The molecule has 1 saturated heterocycles. The van der Waals surface area contributed by atoms with Crippen molar-refractivity contribution in [2.75, 3.05) is 45.8 Å². The van der Waals surface area contributed by atoms with Crippen LogP contribution < -0.4 is 10.6 Å². The van der Waals surface area contributed by atoms with Crippen LogP contribution in [-0.4, -0.2) is 50.7 Å². The Bertz CT molecular complexity index is 184. The standard InChI is InChI=1S/C13H29N3/c1-12(2)9-15-10-13(3,4)11-16-7-5-14-6-8-16/h12,14-15H,5-11H2,1-4H3. The predicted molar refractivity (Wildman–Crippen MR) is 70.8 cm³/mol. The first-order chi connectivity index (χ1) is 7.49. The van der Waals surface area contributed by atoms with Crippen molar-refractivity contribution >= 4 is 0 Å². The Kier molecular flexibility index (Phi) is 5.73. The number of nitrogens with one attached hydrogen (secondary N) is 2. The van der Waals surface area contributed by atoms with Crippen molar-refractivity contribution in [2.24, 2.45) is 11.3 Å². The summed E-state index contributed by atoms with van der Waals surface area (Å²) < 4.78 is 0. The second kappa shape index (κ2) is 6.58. The molecule has 2 N–H and O–H groups in total. The molecule has 0 aromatic carbocycles. The molecule has 3 heteroatoms. The summed E-state index contributed by atoms with van der Waals surface area (Å²) in [6.45, 7) is 17.4.